The van der Waals surface area contributed by atoms with Gasteiger partial charge < -0.3 is 9.47 Å². The Kier molecular flexibility index (Phi) is 6.00. The second-order valence-electron chi connectivity index (χ2n) is 6.96. The van der Waals surface area contributed by atoms with Gasteiger partial charge in [-0.3, -0.25) is 4.79 Å². The largest absolute Gasteiger partial charge is 0.496 e. The molecule has 3 rings (SSSR count). The fourth-order valence-corrected chi connectivity index (χ4v) is 3.62. The standard InChI is InChI=1S/C19H20ClFN2O5S/c1-10-4-5-16(10)28-19-14(20)6-11(9-22-19)12-7-15(21)13(8-17(12)27-2)18(24)23-29(3,25)26/h6-10,16H,4-5H2,1-3H3,(H,23,24)/t10-,16-/m1/s1. The summed E-state index contributed by atoms with van der Waals surface area (Å²) in [6, 6.07) is 3.76. The van der Waals surface area contributed by atoms with E-state index in [1.54, 1.807) is 10.8 Å². The molecule has 1 aliphatic carbocycles. The van der Waals surface area contributed by atoms with Gasteiger partial charge in [-0.05, 0) is 37.0 Å². The first-order chi connectivity index (χ1) is 13.6. The molecule has 0 unspecified atom stereocenters. The Morgan fingerprint density at radius 3 is 2.55 bits per heavy atom. The first-order valence-corrected chi connectivity index (χ1v) is 11.1. The summed E-state index contributed by atoms with van der Waals surface area (Å²) in [6.07, 6.45) is 4.38. The van der Waals surface area contributed by atoms with Gasteiger partial charge in [0.15, 0.2) is 0 Å². The van der Waals surface area contributed by atoms with Gasteiger partial charge in [-0.2, -0.15) is 0 Å². The van der Waals surface area contributed by atoms with Crippen molar-refractivity contribution in [3.05, 3.63) is 40.8 Å². The highest BCUT2D eigenvalue weighted by Gasteiger charge is 2.29. The average molecular weight is 443 g/mol. The van der Waals surface area contributed by atoms with Gasteiger partial charge in [-0.1, -0.05) is 18.5 Å². The third-order valence-corrected chi connectivity index (χ3v) is 5.56. The molecule has 1 saturated carbocycles. The van der Waals surface area contributed by atoms with Crippen LogP contribution in [0.25, 0.3) is 11.1 Å². The molecule has 1 amide bonds. The van der Waals surface area contributed by atoms with Gasteiger partial charge in [0.25, 0.3) is 5.91 Å². The van der Waals surface area contributed by atoms with Crippen LogP contribution in [0.5, 0.6) is 11.6 Å². The minimum atomic E-state index is -3.84. The number of rotatable bonds is 6. The molecule has 1 heterocycles. The van der Waals surface area contributed by atoms with Crippen molar-refractivity contribution in [1.29, 1.82) is 0 Å². The number of benzene rings is 1. The van der Waals surface area contributed by atoms with Crippen LogP contribution < -0.4 is 14.2 Å². The first-order valence-electron chi connectivity index (χ1n) is 8.81. The summed E-state index contributed by atoms with van der Waals surface area (Å²) in [5.41, 5.74) is 0.294. The number of carbonyl (C=O) groups excluding carboxylic acids is 1. The van der Waals surface area contributed by atoms with Gasteiger partial charge in [-0.25, -0.2) is 22.5 Å². The van der Waals surface area contributed by atoms with Crippen molar-refractivity contribution in [2.45, 2.75) is 25.9 Å². The van der Waals surface area contributed by atoms with Crippen molar-refractivity contribution < 1.29 is 27.1 Å². The topological polar surface area (TPSA) is 94.6 Å². The van der Waals surface area contributed by atoms with Crippen molar-refractivity contribution in [2.24, 2.45) is 5.92 Å². The predicted octanol–water partition coefficient (Wildman–Crippen LogP) is 3.42. The van der Waals surface area contributed by atoms with E-state index in [0.29, 0.717) is 22.9 Å². The van der Waals surface area contributed by atoms with Gasteiger partial charge >= 0.3 is 0 Å². The first kappa shape index (κ1) is 21.3. The smallest absolute Gasteiger partial charge is 0.267 e. The Hall–Kier alpha value is -2.39. The highest BCUT2D eigenvalue weighted by molar-refractivity contribution is 7.89. The van der Waals surface area contributed by atoms with E-state index in [4.69, 9.17) is 21.1 Å². The van der Waals surface area contributed by atoms with E-state index in [0.717, 1.165) is 31.2 Å². The highest BCUT2D eigenvalue weighted by Crippen LogP contribution is 2.37. The predicted molar refractivity (Wildman–Crippen MR) is 106 cm³/mol. The van der Waals surface area contributed by atoms with Gasteiger partial charge in [0.05, 0.1) is 18.9 Å². The van der Waals surface area contributed by atoms with Crippen LogP contribution in [-0.4, -0.2) is 38.8 Å². The lowest BCUT2D eigenvalue weighted by molar-refractivity contribution is 0.0536. The van der Waals surface area contributed by atoms with Crippen LogP contribution in [0.15, 0.2) is 24.4 Å². The summed E-state index contributed by atoms with van der Waals surface area (Å²) < 4.78 is 49.8. The fourth-order valence-electron chi connectivity index (χ4n) is 2.96. The SMILES string of the molecule is COc1cc(C(=O)NS(C)(=O)=O)c(F)cc1-c1cnc(O[C@@H]2CC[C@H]2C)c(Cl)c1. The number of ether oxygens (including phenoxy) is 2. The van der Waals surface area contributed by atoms with E-state index in [9.17, 15) is 17.6 Å². The maximum Gasteiger partial charge on any atom is 0.267 e. The van der Waals surface area contributed by atoms with Crippen LogP contribution >= 0.6 is 11.6 Å². The summed E-state index contributed by atoms with van der Waals surface area (Å²) in [6.45, 7) is 2.09. The summed E-state index contributed by atoms with van der Waals surface area (Å²) in [5, 5.41) is 0.267. The molecule has 0 saturated heterocycles. The van der Waals surface area contributed by atoms with Crippen molar-refractivity contribution in [3.63, 3.8) is 0 Å². The van der Waals surface area contributed by atoms with E-state index in [1.807, 2.05) is 0 Å². The number of hydrogen-bond acceptors (Lipinski definition) is 6. The maximum absolute atomic E-state index is 14.5. The monoisotopic (exact) mass is 442 g/mol. The van der Waals surface area contributed by atoms with Crippen molar-refractivity contribution in [2.75, 3.05) is 13.4 Å². The van der Waals surface area contributed by atoms with Crippen molar-refractivity contribution in [1.82, 2.24) is 9.71 Å². The third kappa shape index (κ3) is 4.79. The number of carbonyl (C=O) groups is 1. The Bertz CT molecular complexity index is 1060. The highest BCUT2D eigenvalue weighted by atomic mass is 35.5. The molecule has 7 nitrogen and oxygen atoms in total. The number of nitrogens with zero attached hydrogens (tertiary/aromatic N) is 1. The summed E-state index contributed by atoms with van der Waals surface area (Å²) in [4.78, 5) is 16.3. The minimum Gasteiger partial charge on any atom is -0.496 e. The normalized spacial score (nSPS) is 18.7. The molecule has 2 aromatic rings. The molecule has 1 aliphatic rings. The number of aromatic nitrogens is 1. The molecule has 1 N–H and O–H groups in total. The Balaban J connectivity index is 1.93. The lowest BCUT2D eigenvalue weighted by Gasteiger charge is -2.33. The molecule has 1 fully saturated rings. The number of amides is 1. The average Bonchev–Trinajstić information content (AvgIpc) is 2.64. The summed E-state index contributed by atoms with van der Waals surface area (Å²) in [7, 11) is -2.49. The number of halogens is 2. The zero-order valence-electron chi connectivity index (χ0n) is 16.0. The molecular formula is C19H20ClFN2O5S. The Morgan fingerprint density at radius 1 is 1.31 bits per heavy atom. The van der Waals surface area contributed by atoms with Crippen LogP contribution in [0, 0.1) is 11.7 Å². The second-order valence-corrected chi connectivity index (χ2v) is 9.11. The lowest BCUT2D eigenvalue weighted by Crippen LogP contribution is -2.34. The van der Waals surface area contributed by atoms with Crippen molar-refractivity contribution in [3.8, 4) is 22.8 Å². The minimum absolute atomic E-state index is 0.0745. The van der Waals surface area contributed by atoms with Gasteiger partial charge in [0.1, 0.15) is 22.7 Å². The molecule has 0 spiro atoms. The summed E-state index contributed by atoms with van der Waals surface area (Å²) >= 11 is 6.29. The van der Waals surface area contributed by atoms with Gasteiger partial charge in [0.2, 0.25) is 15.9 Å². The van der Waals surface area contributed by atoms with Crippen LogP contribution in [-0.2, 0) is 10.0 Å². The molecular weight excluding hydrogens is 423 g/mol. The molecule has 0 aliphatic heterocycles. The molecule has 1 aromatic carbocycles. The van der Waals surface area contributed by atoms with Crippen LogP contribution in [0.4, 0.5) is 4.39 Å². The van der Waals surface area contributed by atoms with E-state index in [-0.39, 0.29) is 16.9 Å². The van der Waals surface area contributed by atoms with Crippen molar-refractivity contribution >= 4 is 27.5 Å². The number of methoxy groups -OCH3 is 1. The summed E-state index contributed by atoms with van der Waals surface area (Å²) in [5.74, 6) is -1.11. The molecule has 156 valence electrons. The maximum atomic E-state index is 14.5. The molecule has 0 radical (unpaired) electrons. The van der Waals surface area contributed by atoms with E-state index < -0.39 is 27.3 Å². The van der Waals surface area contributed by atoms with Crippen LogP contribution in [0.2, 0.25) is 5.02 Å². The molecule has 29 heavy (non-hydrogen) atoms. The number of pyridine rings is 1. The van der Waals surface area contributed by atoms with E-state index in [2.05, 4.69) is 11.9 Å². The zero-order chi connectivity index (χ0) is 21.3. The molecule has 0 bridgehead atoms. The molecule has 10 heteroatoms. The van der Waals surface area contributed by atoms with Gasteiger partial charge in [-0.15, -0.1) is 0 Å². The third-order valence-electron chi connectivity index (χ3n) is 4.73. The number of sulfonamides is 1. The van der Waals surface area contributed by atoms with E-state index >= 15 is 0 Å². The molecule has 1 aromatic heterocycles. The zero-order valence-corrected chi connectivity index (χ0v) is 17.6. The lowest BCUT2D eigenvalue weighted by atomic mass is 9.84. The molecule has 2 atom stereocenters. The number of nitrogens with one attached hydrogen (secondary N) is 1. The quantitative estimate of drug-likeness (QED) is 0.736. The van der Waals surface area contributed by atoms with Gasteiger partial charge in [0, 0.05) is 17.3 Å². The van der Waals surface area contributed by atoms with Crippen LogP contribution in [0.1, 0.15) is 30.1 Å². The van der Waals surface area contributed by atoms with Crippen LogP contribution in [0.3, 0.4) is 0 Å². The fraction of sp³-hybridized carbons (Fsp3) is 0.368. The Morgan fingerprint density at radius 2 is 2.03 bits per heavy atom. The second kappa shape index (κ2) is 8.16. The Labute approximate surface area is 173 Å². The number of hydrogen-bond donors (Lipinski definition) is 1. The van der Waals surface area contributed by atoms with E-state index in [1.165, 1.54) is 13.3 Å².